The van der Waals surface area contributed by atoms with Crippen molar-refractivity contribution >= 4 is 19.8 Å². The van der Waals surface area contributed by atoms with Crippen LogP contribution >= 0.6 is 7.82 Å². The number of phosphoric ester groups is 1. The molecule has 1 N–H and O–H groups in total. The maximum Gasteiger partial charge on any atom is 0.472 e. The van der Waals surface area contributed by atoms with Crippen molar-refractivity contribution in [3.05, 3.63) is 0 Å². The van der Waals surface area contributed by atoms with Crippen LogP contribution in [0.3, 0.4) is 0 Å². The molecule has 0 aromatic rings. The quantitative estimate of drug-likeness (QED) is 0.0370. The molecule has 0 heterocycles. The van der Waals surface area contributed by atoms with Gasteiger partial charge in [0, 0.05) is 12.8 Å². The molecule has 0 aliphatic carbocycles. The van der Waals surface area contributed by atoms with E-state index in [2.05, 4.69) is 13.8 Å². The molecular weight excluding hydrogens is 557 g/mol. The van der Waals surface area contributed by atoms with Gasteiger partial charge >= 0.3 is 19.8 Å². The number of hydrogen-bond acceptors (Lipinski definition) is 7. The lowest BCUT2D eigenvalue weighted by molar-refractivity contribution is -0.870. The van der Waals surface area contributed by atoms with Crippen molar-refractivity contribution in [1.82, 2.24) is 0 Å². The first-order valence-electron chi connectivity index (χ1n) is 16.8. The van der Waals surface area contributed by atoms with Crippen LogP contribution in [0.2, 0.25) is 0 Å². The number of carbonyl (C=O) groups is 2. The molecular formula is C32H65NO8P+. The number of quaternary nitrogens is 1. The highest BCUT2D eigenvalue weighted by Gasteiger charge is 2.27. The molecule has 0 saturated heterocycles. The largest absolute Gasteiger partial charge is 0.472 e. The van der Waals surface area contributed by atoms with Crippen LogP contribution in [-0.4, -0.2) is 74.9 Å². The highest BCUT2D eigenvalue weighted by Crippen LogP contribution is 2.43. The molecule has 0 spiro atoms. The van der Waals surface area contributed by atoms with E-state index < -0.39 is 26.5 Å². The van der Waals surface area contributed by atoms with Gasteiger partial charge in [-0.1, -0.05) is 117 Å². The lowest BCUT2D eigenvalue weighted by Gasteiger charge is -2.24. The van der Waals surface area contributed by atoms with Crippen molar-refractivity contribution in [3.8, 4) is 0 Å². The number of unbranched alkanes of at least 4 members (excludes halogenated alkanes) is 16. The van der Waals surface area contributed by atoms with Gasteiger partial charge in [0.15, 0.2) is 6.10 Å². The summed E-state index contributed by atoms with van der Waals surface area (Å²) in [5, 5.41) is 0. The molecule has 0 aliphatic heterocycles. The SMILES string of the molecule is CCCCCCCCCCCCC(=O)OC(COC(=O)CCCCCCCCCC)COP(=O)(O)OCC[N+](C)(C)C. The van der Waals surface area contributed by atoms with Crippen molar-refractivity contribution < 1.29 is 42.1 Å². The van der Waals surface area contributed by atoms with Gasteiger partial charge in [0.2, 0.25) is 0 Å². The summed E-state index contributed by atoms with van der Waals surface area (Å²) in [6.07, 6.45) is 20.2. The molecule has 0 rings (SSSR count). The molecule has 2 atom stereocenters. The summed E-state index contributed by atoms with van der Waals surface area (Å²) in [6, 6.07) is 0. The highest BCUT2D eigenvalue weighted by atomic mass is 31.2. The fraction of sp³-hybridized carbons (Fsp3) is 0.938. The minimum absolute atomic E-state index is 0.0358. The first-order valence-corrected chi connectivity index (χ1v) is 18.3. The van der Waals surface area contributed by atoms with Gasteiger partial charge < -0.3 is 18.9 Å². The van der Waals surface area contributed by atoms with Crippen LogP contribution in [0.15, 0.2) is 0 Å². The number of phosphoric acid groups is 1. The minimum atomic E-state index is -4.35. The Kier molecular flexibility index (Phi) is 25.8. The summed E-state index contributed by atoms with van der Waals surface area (Å²) in [5.74, 6) is -0.802. The van der Waals surface area contributed by atoms with Gasteiger partial charge in [-0.15, -0.1) is 0 Å². The van der Waals surface area contributed by atoms with E-state index in [1.807, 2.05) is 21.1 Å². The lowest BCUT2D eigenvalue weighted by atomic mass is 10.1. The third-order valence-corrected chi connectivity index (χ3v) is 8.12. The van der Waals surface area contributed by atoms with Crippen LogP contribution in [0.25, 0.3) is 0 Å². The number of rotatable bonds is 30. The summed E-state index contributed by atoms with van der Waals surface area (Å²) in [4.78, 5) is 34.8. The van der Waals surface area contributed by atoms with E-state index in [1.54, 1.807) is 0 Å². The Morgan fingerprint density at radius 3 is 1.52 bits per heavy atom. The van der Waals surface area contributed by atoms with E-state index in [0.29, 0.717) is 23.9 Å². The number of likely N-dealkylation sites (N-methyl/N-ethyl adjacent to an activating group) is 1. The summed E-state index contributed by atoms with van der Waals surface area (Å²) < 4.78 is 33.9. The second-order valence-corrected chi connectivity index (χ2v) is 14.0. The van der Waals surface area contributed by atoms with Gasteiger partial charge in [0.1, 0.15) is 19.8 Å². The van der Waals surface area contributed by atoms with Crippen molar-refractivity contribution in [1.29, 1.82) is 0 Å². The molecule has 10 heteroatoms. The predicted octanol–water partition coefficient (Wildman–Crippen LogP) is 8.12. The fourth-order valence-electron chi connectivity index (χ4n) is 4.42. The van der Waals surface area contributed by atoms with Crippen LogP contribution in [0.1, 0.15) is 142 Å². The van der Waals surface area contributed by atoms with Crippen LogP contribution < -0.4 is 0 Å². The van der Waals surface area contributed by atoms with Crippen LogP contribution in [-0.2, 0) is 32.7 Å². The van der Waals surface area contributed by atoms with Gasteiger partial charge in [-0.05, 0) is 12.8 Å². The van der Waals surface area contributed by atoms with Gasteiger partial charge in [0.05, 0.1) is 27.7 Å². The normalized spacial score (nSPS) is 14.0. The van der Waals surface area contributed by atoms with Crippen LogP contribution in [0.5, 0.6) is 0 Å². The molecule has 42 heavy (non-hydrogen) atoms. The molecule has 2 unspecified atom stereocenters. The molecule has 0 fully saturated rings. The average molecular weight is 623 g/mol. The standard InChI is InChI=1S/C32H64NO8P/c1-6-8-10-12-14-16-17-19-21-23-25-32(35)41-30(29-40-42(36,37)39-27-26-33(3,4)5)28-38-31(34)24-22-20-18-15-13-11-9-7-2/h30H,6-29H2,1-5H3/p+1. The Bertz CT molecular complexity index is 713. The topological polar surface area (TPSA) is 108 Å². The van der Waals surface area contributed by atoms with Gasteiger partial charge in [-0.2, -0.15) is 0 Å². The van der Waals surface area contributed by atoms with E-state index in [0.717, 1.165) is 32.1 Å². The summed E-state index contributed by atoms with van der Waals surface area (Å²) in [6.45, 7) is 4.35. The zero-order valence-corrected chi connectivity index (χ0v) is 28.6. The number of carbonyl (C=O) groups excluding carboxylic acids is 2. The molecule has 0 amide bonds. The molecule has 9 nitrogen and oxygen atoms in total. The second-order valence-electron chi connectivity index (χ2n) is 12.6. The van der Waals surface area contributed by atoms with E-state index in [4.69, 9.17) is 18.5 Å². The monoisotopic (exact) mass is 622 g/mol. The van der Waals surface area contributed by atoms with Gasteiger partial charge in [-0.3, -0.25) is 18.6 Å². The molecule has 0 bridgehead atoms. The zero-order valence-electron chi connectivity index (χ0n) is 27.7. The summed E-state index contributed by atoms with van der Waals surface area (Å²) in [5.41, 5.74) is 0. The Morgan fingerprint density at radius 2 is 1.07 bits per heavy atom. The third-order valence-electron chi connectivity index (χ3n) is 7.14. The maximum atomic E-state index is 12.5. The number of hydrogen-bond donors (Lipinski definition) is 1. The second kappa shape index (κ2) is 26.4. The summed E-state index contributed by atoms with van der Waals surface area (Å²) in [7, 11) is 1.48. The van der Waals surface area contributed by atoms with Crippen molar-refractivity contribution in [3.63, 3.8) is 0 Å². The third kappa shape index (κ3) is 29.1. The van der Waals surface area contributed by atoms with Gasteiger partial charge in [-0.25, -0.2) is 4.57 Å². The van der Waals surface area contributed by atoms with Crippen LogP contribution in [0, 0.1) is 0 Å². The number of nitrogens with zero attached hydrogens (tertiary/aromatic N) is 1. The highest BCUT2D eigenvalue weighted by molar-refractivity contribution is 7.47. The summed E-state index contributed by atoms with van der Waals surface area (Å²) >= 11 is 0. The lowest BCUT2D eigenvalue weighted by Crippen LogP contribution is -2.37. The Balaban J connectivity index is 4.51. The molecule has 0 saturated carbocycles. The zero-order chi connectivity index (χ0) is 31.5. The smallest absolute Gasteiger partial charge is 0.462 e. The fourth-order valence-corrected chi connectivity index (χ4v) is 5.17. The van der Waals surface area contributed by atoms with Gasteiger partial charge in [0.25, 0.3) is 0 Å². The molecule has 0 aliphatic rings. The van der Waals surface area contributed by atoms with E-state index in [-0.39, 0.29) is 25.6 Å². The maximum absolute atomic E-state index is 12.5. The first kappa shape index (κ1) is 41.0. The van der Waals surface area contributed by atoms with E-state index in [9.17, 15) is 19.0 Å². The molecule has 0 aromatic carbocycles. The molecule has 0 radical (unpaired) electrons. The Labute approximate surface area is 257 Å². The van der Waals surface area contributed by atoms with Crippen molar-refractivity contribution in [2.45, 2.75) is 148 Å². The predicted molar refractivity (Wildman–Crippen MR) is 169 cm³/mol. The minimum Gasteiger partial charge on any atom is -0.462 e. The first-order chi connectivity index (χ1) is 20.0. The van der Waals surface area contributed by atoms with Crippen molar-refractivity contribution in [2.75, 3.05) is 47.5 Å². The Morgan fingerprint density at radius 1 is 0.643 bits per heavy atom. The van der Waals surface area contributed by atoms with Crippen LogP contribution in [0.4, 0.5) is 0 Å². The number of ether oxygens (including phenoxy) is 2. The molecule has 0 aromatic heterocycles. The Hall–Kier alpha value is -0.990. The van der Waals surface area contributed by atoms with E-state index >= 15 is 0 Å². The van der Waals surface area contributed by atoms with E-state index in [1.165, 1.54) is 77.0 Å². The average Bonchev–Trinajstić information content (AvgIpc) is 2.92. The number of esters is 2. The van der Waals surface area contributed by atoms with Crippen molar-refractivity contribution in [2.24, 2.45) is 0 Å². The molecule has 250 valence electrons.